The van der Waals surface area contributed by atoms with Crippen LogP contribution in [0.5, 0.6) is 0 Å². The molecule has 0 unspecified atom stereocenters. The van der Waals surface area contributed by atoms with Gasteiger partial charge in [0.15, 0.2) is 5.82 Å². The maximum atomic E-state index is 14.0. The molecule has 1 aliphatic rings. The summed E-state index contributed by atoms with van der Waals surface area (Å²) in [5, 5.41) is 1.93. The van der Waals surface area contributed by atoms with E-state index < -0.39 is 5.97 Å². The maximum Gasteiger partial charge on any atom is 0.376 e. The largest absolute Gasteiger partial charge is 0.463 e. The van der Waals surface area contributed by atoms with Crippen molar-refractivity contribution in [2.75, 3.05) is 43.1 Å². The second-order valence-electron chi connectivity index (χ2n) is 5.92. The maximum absolute atomic E-state index is 14.0. The number of fused-ring (bicyclic) bond motifs is 1. The van der Waals surface area contributed by atoms with E-state index in [1.54, 1.807) is 23.5 Å². The molecule has 0 N–H and O–H groups in total. The summed E-state index contributed by atoms with van der Waals surface area (Å²) in [6, 6.07) is 8.67. The van der Waals surface area contributed by atoms with Crippen molar-refractivity contribution >= 4 is 39.0 Å². The van der Waals surface area contributed by atoms with Gasteiger partial charge in [0, 0.05) is 26.2 Å². The van der Waals surface area contributed by atoms with E-state index in [4.69, 9.17) is 4.74 Å². The van der Waals surface area contributed by atoms with Crippen molar-refractivity contribution in [1.29, 1.82) is 0 Å². The molecule has 6 nitrogen and oxygen atoms in total. The fourth-order valence-corrected chi connectivity index (χ4v) is 3.96. The number of hydrogen-bond donors (Lipinski definition) is 0. The van der Waals surface area contributed by atoms with Crippen LogP contribution in [0.3, 0.4) is 0 Å². The normalized spacial score (nSPS) is 14.7. The van der Waals surface area contributed by atoms with Crippen molar-refractivity contribution in [3.05, 3.63) is 47.4 Å². The quantitative estimate of drug-likeness (QED) is 0.659. The Kier molecular flexibility index (Phi) is 4.42. The smallest absolute Gasteiger partial charge is 0.376 e. The number of para-hydroxylation sites is 1. The molecule has 0 aliphatic carbocycles. The number of anilines is 2. The number of ether oxygens (including phenoxy) is 1. The van der Waals surface area contributed by atoms with Crippen molar-refractivity contribution < 1.29 is 13.9 Å². The molecule has 0 spiro atoms. The molecule has 0 radical (unpaired) electrons. The summed E-state index contributed by atoms with van der Waals surface area (Å²) in [4.78, 5) is 24.7. The van der Waals surface area contributed by atoms with E-state index in [1.807, 2.05) is 22.4 Å². The monoisotopic (exact) mass is 372 g/mol. The molecule has 0 amide bonds. The molecule has 3 heterocycles. The Hall–Kier alpha value is -2.74. The van der Waals surface area contributed by atoms with Crippen LogP contribution in [-0.4, -0.2) is 49.2 Å². The van der Waals surface area contributed by atoms with Gasteiger partial charge in [0.2, 0.25) is 5.82 Å². The van der Waals surface area contributed by atoms with Crippen molar-refractivity contribution in [3.63, 3.8) is 0 Å². The first-order chi connectivity index (χ1) is 12.7. The highest BCUT2D eigenvalue weighted by Gasteiger charge is 2.24. The molecule has 0 saturated carbocycles. The molecule has 0 bridgehead atoms. The third-order valence-electron chi connectivity index (χ3n) is 4.43. The number of carbonyl (C=O) groups is 1. The molecule has 4 rings (SSSR count). The van der Waals surface area contributed by atoms with Crippen molar-refractivity contribution in [3.8, 4) is 0 Å². The number of thiophene rings is 1. The van der Waals surface area contributed by atoms with Gasteiger partial charge in [0.1, 0.15) is 5.82 Å². The van der Waals surface area contributed by atoms with Gasteiger partial charge in [0.05, 0.1) is 23.0 Å². The number of benzene rings is 1. The minimum absolute atomic E-state index is 0.0601. The van der Waals surface area contributed by atoms with E-state index in [2.05, 4.69) is 14.9 Å². The van der Waals surface area contributed by atoms with E-state index in [0.29, 0.717) is 31.9 Å². The molecule has 2 aromatic heterocycles. The number of aromatic nitrogens is 2. The number of hydrogen-bond acceptors (Lipinski definition) is 7. The Morgan fingerprint density at radius 1 is 1.12 bits per heavy atom. The number of rotatable bonds is 3. The van der Waals surface area contributed by atoms with Crippen LogP contribution in [-0.2, 0) is 4.74 Å². The second-order valence-corrected chi connectivity index (χ2v) is 6.84. The van der Waals surface area contributed by atoms with Gasteiger partial charge in [-0.15, -0.1) is 11.3 Å². The molecule has 134 valence electrons. The third kappa shape index (κ3) is 2.96. The Bertz CT molecular complexity index is 953. The summed E-state index contributed by atoms with van der Waals surface area (Å²) in [5.41, 5.74) is 1.35. The molecule has 1 saturated heterocycles. The highest BCUT2D eigenvalue weighted by Crippen LogP contribution is 2.30. The van der Waals surface area contributed by atoms with Crippen LogP contribution < -0.4 is 9.80 Å². The summed E-state index contributed by atoms with van der Waals surface area (Å²) in [6.07, 6.45) is 0. The summed E-state index contributed by atoms with van der Waals surface area (Å²) in [6.45, 7) is 2.70. The van der Waals surface area contributed by atoms with Gasteiger partial charge >= 0.3 is 5.97 Å². The number of piperazine rings is 1. The molecule has 1 fully saturated rings. The summed E-state index contributed by atoms with van der Waals surface area (Å²) in [7, 11) is 1.32. The Morgan fingerprint density at radius 2 is 1.85 bits per heavy atom. The average Bonchev–Trinajstić information content (AvgIpc) is 3.16. The number of nitrogens with zero attached hydrogens (tertiary/aromatic N) is 4. The molecule has 1 aliphatic heterocycles. The SMILES string of the molecule is COC(=O)c1nc(N2CCN(c3ccccc3F)CC2)c2sccc2n1. The summed E-state index contributed by atoms with van der Waals surface area (Å²) >= 11 is 1.54. The lowest BCUT2D eigenvalue weighted by Crippen LogP contribution is -2.47. The fourth-order valence-electron chi connectivity index (χ4n) is 3.11. The lowest BCUT2D eigenvalue weighted by Gasteiger charge is -2.37. The lowest BCUT2D eigenvalue weighted by atomic mass is 10.2. The van der Waals surface area contributed by atoms with Crippen LogP contribution in [0, 0.1) is 5.82 Å². The minimum atomic E-state index is -0.552. The summed E-state index contributed by atoms with van der Waals surface area (Å²) < 4.78 is 19.7. The second kappa shape index (κ2) is 6.87. The highest BCUT2D eigenvalue weighted by atomic mass is 32.1. The van der Waals surface area contributed by atoms with Gasteiger partial charge in [-0.1, -0.05) is 12.1 Å². The van der Waals surface area contributed by atoms with Crippen molar-refractivity contribution in [2.24, 2.45) is 0 Å². The summed E-state index contributed by atoms with van der Waals surface area (Å²) in [5.74, 6) is 0.0319. The Balaban J connectivity index is 1.60. The van der Waals surface area contributed by atoms with E-state index in [-0.39, 0.29) is 11.6 Å². The van der Waals surface area contributed by atoms with Crippen molar-refractivity contribution in [1.82, 2.24) is 9.97 Å². The predicted molar refractivity (Wildman–Crippen MR) is 99.6 cm³/mol. The molecule has 3 aromatic rings. The first-order valence-electron chi connectivity index (χ1n) is 8.25. The number of esters is 1. The molecule has 26 heavy (non-hydrogen) atoms. The zero-order valence-electron chi connectivity index (χ0n) is 14.2. The topological polar surface area (TPSA) is 58.6 Å². The molecule has 1 aromatic carbocycles. The Labute approximate surface area is 153 Å². The molecule has 0 atom stereocenters. The Morgan fingerprint density at radius 3 is 2.58 bits per heavy atom. The standard InChI is InChI=1S/C18H17FN4O2S/c1-25-18(24)16-20-13-6-11-26-15(13)17(21-16)23-9-7-22(8-10-23)14-5-3-2-4-12(14)19/h2-6,11H,7-10H2,1H3. The number of methoxy groups -OCH3 is 1. The van der Waals surface area contributed by atoms with Gasteiger partial charge in [0.25, 0.3) is 0 Å². The van der Waals surface area contributed by atoms with Crippen LogP contribution in [0.15, 0.2) is 35.7 Å². The number of carbonyl (C=O) groups excluding carboxylic acids is 1. The van der Waals surface area contributed by atoms with E-state index in [9.17, 15) is 9.18 Å². The first-order valence-corrected chi connectivity index (χ1v) is 9.13. The molecular formula is C18H17FN4O2S. The third-order valence-corrected chi connectivity index (χ3v) is 5.33. The van der Waals surface area contributed by atoms with Crippen molar-refractivity contribution in [2.45, 2.75) is 0 Å². The lowest BCUT2D eigenvalue weighted by molar-refractivity contribution is 0.0587. The van der Waals surface area contributed by atoms with Gasteiger partial charge in [-0.25, -0.2) is 19.2 Å². The average molecular weight is 372 g/mol. The predicted octanol–water partition coefficient (Wildman–Crippen LogP) is 2.94. The zero-order chi connectivity index (χ0) is 18.1. The molecule has 8 heteroatoms. The van der Waals surface area contributed by atoms with Gasteiger partial charge in [-0.05, 0) is 23.6 Å². The van der Waals surface area contributed by atoms with Gasteiger partial charge in [-0.3, -0.25) is 0 Å². The van der Waals surface area contributed by atoms with Crippen LogP contribution in [0.25, 0.3) is 10.2 Å². The van der Waals surface area contributed by atoms with Crippen LogP contribution in [0.4, 0.5) is 15.9 Å². The zero-order valence-corrected chi connectivity index (χ0v) is 15.0. The minimum Gasteiger partial charge on any atom is -0.463 e. The van der Waals surface area contributed by atoms with E-state index >= 15 is 0 Å². The molecular weight excluding hydrogens is 355 g/mol. The van der Waals surface area contributed by atoms with Crippen LogP contribution in [0.2, 0.25) is 0 Å². The van der Waals surface area contributed by atoms with E-state index in [0.717, 1.165) is 16.0 Å². The number of halogens is 1. The van der Waals surface area contributed by atoms with Crippen LogP contribution in [0.1, 0.15) is 10.6 Å². The van der Waals surface area contributed by atoms with Crippen LogP contribution >= 0.6 is 11.3 Å². The van der Waals surface area contributed by atoms with Gasteiger partial charge < -0.3 is 14.5 Å². The van der Waals surface area contributed by atoms with Gasteiger partial charge in [-0.2, -0.15) is 0 Å². The highest BCUT2D eigenvalue weighted by molar-refractivity contribution is 7.17. The fraction of sp³-hybridized carbons (Fsp3) is 0.278. The first kappa shape index (κ1) is 16.7. The van der Waals surface area contributed by atoms with E-state index in [1.165, 1.54) is 13.2 Å².